The van der Waals surface area contributed by atoms with Gasteiger partial charge in [0.25, 0.3) is 10.0 Å². The molecule has 0 aliphatic rings. The number of sulfonamides is 1. The molecule has 0 amide bonds. The van der Waals surface area contributed by atoms with Crippen LogP contribution in [0.1, 0.15) is 5.69 Å². The minimum absolute atomic E-state index is 0.127. The highest BCUT2D eigenvalue weighted by atomic mass is 35.5. The van der Waals surface area contributed by atoms with Crippen molar-refractivity contribution in [2.24, 2.45) is 0 Å². The van der Waals surface area contributed by atoms with Crippen LogP contribution in [0.4, 0.5) is 20.2 Å². The maximum absolute atomic E-state index is 13.8. The van der Waals surface area contributed by atoms with Crippen LogP contribution in [0.2, 0.25) is 5.15 Å². The van der Waals surface area contributed by atoms with Crippen molar-refractivity contribution in [1.29, 1.82) is 0 Å². The molecular weight excluding hydrogens is 324 g/mol. The van der Waals surface area contributed by atoms with Crippen LogP contribution in [0.15, 0.2) is 29.2 Å². The molecule has 2 rings (SSSR count). The normalized spacial score (nSPS) is 11.4. The molecular formula is C12H10ClF2N3O2S. The van der Waals surface area contributed by atoms with Gasteiger partial charge in [-0.05, 0) is 31.2 Å². The Balaban J connectivity index is 2.46. The minimum Gasteiger partial charge on any atom is -0.394 e. The molecule has 21 heavy (non-hydrogen) atoms. The van der Waals surface area contributed by atoms with Gasteiger partial charge in [-0.3, -0.25) is 4.72 Å². The lowest BCUT2D eigenvalue weighted by Gasteiger charge is -2.11. The minimum atomic E-state index is -4.27. The Morgan fingerprint density at radius 3 is 2.52 bits per heavy atom. The summed E-state index contributed by atoms with van der Waals surface area (Å²) in [5.74, 6) is -2.38. The SMILES string of the molecule is Cc1nc(Cl)ccc1NS(=O)(=O)c1ccc(F)c(N)c1F. The molecule has 1 aromatic carbocycles. The quantitative estimate of drug-likeness (QED) is 0.668. The third kappa shape index (κ3) is 3.06. The zero-order valence-corrected chi connectivity index (χ0v) is 12.3. The molecule has 5 nitrogen and oxygen atoms in total. The third-order valence-electron chi connectivity index (χ3n) is 2.68. The highest BCUT2D eigenvalue weighted by molar-refractivity contribution is 7.92. The highest BCUT2D eigenvalue weighted by Gasteiger charge is 2.23. The van der Waals surface area contributed by atoms with E-state index in [1.807, 2.05) is 0 Å². The molecule has 0 spiro atoms. The molecule has 0 radical (unpaired) electrons. The van der Waals surface area contributed by atoms with Gasteiger partial charge in [0, 0.05) is 0 Å². The predicted octanol–water partition coefficient (Wildman–Crippen LogP) is 2.70. The predicted molar refractivity (Wildman–Crippen MR) is 75.6 cm³/mol. The van der Waals surface area contributed by atoms with E-state index in [0.717, 1.165) is 12.1 Å². The number of aromatic nitrogens is 1. The van der Waals surface area contributed by atoms with Crippen molar-refractivity contribution in [2.45, 2.75) is 11.8 Å². The van der Waals surface area contributed by atoms with E-state index in [-0.39, 0.29) is 10.8 Å². The average Bonchev–Trinajstić information content (AvgIpc) is 2.39. The fraction of sp³-hybridized carbons (Fsp3) is 0.0833. The molecule has 0 bridgehead atoms. The van der Waals surface area contributed by atoms with Gasteiger partial charge in [0.15, 0.2) is 5.82 Å². The summed E-state index contributed by atoms with van der Waals surface area (Å²) in [6.07, 6.45) is 0. The number of hydrogen-bond donors (Lipinski definition) is 2. The van der Waals surface area contributed by atoms with E-state index in [0.29, 0.717) is 5.69 Å². The Morgan fingerprint density at radius 1 is 1.24 bits per heavy atom. The first-order chi connectivity index (χ1) is 9.72. The van der Waals surface area contributed by atoms with Crippen molar-refractivity contribution in [3.63, 3.8) is 0 Å². The van der Waals surface area contributed by atoms with Crippen LogP contribution in [-0.4, -0.2) is 13.4 Å². The first kappa shape index (κ1) is 15.5. The second-order valence-corrected chi connectivity index (χ2v) is 6.18. The van der Waals surface area contributed by atoms with Gasteiger partial charge in [-0.25, -0.2) is 22.2 Å². The second kappa shape index (κ2) is 5.45. The number of nitrogens with two attached hydrogens (primary N) is 1. The molecule has 1 aromatic heterocycles. The van der Waals surface area contributed by atoms with Crippen molar-refractivity contribution in [1.82, 2.24) is 4.98 Å². The zero-order valence-electron chi connectivity index (χ0n) is 10.7. The number of hydrogen-bond acceptors (Lipinski definition) is 4. The molecule has 0 unspecified atom stereocenters. The van der Waals surface area contributed by atoms with E-state index in [9.17, 15) is 17.2 Å². The molecule has 2 aromatic rings. The summed E-state index contributed by atoms with van der Waals surface area (Å²) in [5.41, 5.74) is 4.73. The van der Waals surface area contributed by atoms with Crippen LogP contribution in [0, 0.1) is 18.6 Å². The van der Waals surface area contributed by atoms with Gasteiger partial charge in [0.05, 0.1) is 11.4 Å². The molecule has 0 atom stereocenters. The van der Waals surface area contributed by atoms with Gasteiger partial charge < -0.3 is 5.73 Å². The third-order valence-corrected chi connectivity index (χ3v) is 4.27. The molecule has 1 heterocycles. The number of aryl methyl sites for hydroxylation is 1. The van der Waals surface area contributed by atoms with Crippen molar-refractivity contribution in [3.8, 4) is 0 Å². The van der Waals surface area contributed by atoms with Gasteiger partial charge in [-0.1, -0.05) is 11.6 Å². The van der Waals surface area contributed by atoms with Crippen LogP contribution in [-0.2, 0) is 10.0 Å². The fourth-order valence-electron chi connectivity index (χ4n) is 1.59. The number of anilines is 2. The number of nitrogen functional groups attached to an aromatic ring is 1. The van der Waals surface area contributed by atoms with E-state index in [2.05, 4.69) is 9.71 Å². The fourth-order valence-corrected chi connectivity index (χ4v) is 2.99. The summed E-state index contributed by atoms with van der Waals surface area (Å²) in [5, 5.41) is 0.188. The van der Waals surface area contributed by atoms with Crippen LogP contribution in [0.25, 0.3) is 0 Å². The van der Waals surface area contributed by atoms with E-state index < -0.39 is 32.2 Å². The highest BCUT2D eigenvalue weighted by Crippen LogP contribution is 2.25. The van der Waals surface area contributed by atoms with Crippen LogP contribution in [0.3, 0.4) is 0 Å². The summed E-state index contributed by atoms with van der Waals surface area (Å²) in [6, 6.07) is 4.33. The van der Waals surface area contributed by atoms with Crippen molar-refractivity contribution < 1.29 is 17.2 Å². The average molecular weight is 334 g/mol. The molecule has 0 fully saturated rings. The Labute approximate surface area is 124 Å². The van der Waals surface area contributed by atoms with E-state index in [1.165, 1.54) is 19.1 Å². The topological polar surface area (TPSA) is 85.1 Å². The van der Waals surface area contributed by atoms with Gasteiger partial charge in [-0.2, -0.15) is 0 Å². The zero-order chi connectivity index (χ0) is 15.8. The number of benzene rings is 1. The van der Waals surface area contributed by atoms with Gasteiger partial charge >= 0.3 is 0 Å². The van der Waals surface area contributed by atoms with Crippen LogP contribution in [0.5, 0.6) is 0 Å². The number of halogens is 3. The largest absolute Gasteiger partial charge is 0.394 e. The van der Waals surface area contributed by atoms with Crippen LogP contribution >= 0.6 is 11.6 Å². The number of nitrogens with one attached hydrogen (secondary N) is 1. The second-order valence-electron chi connectivity index (χ2n) is 4.15. The Bertz CT molecular complexity index is 812. The molecule has 0 aliphatic heterocycles. The first-order valence-electron chi connectivity index (χ1n) is 5.62. The first-order valence-corrected chi connectivity index (χ1v) is 7.48. The van der Waals surface area contributed by atoms with Crippen LogP contribution < -0.4 is 10.5 Å². The smallest absolute Gasteiger partial charge is 0.264 e. The monoisotopic (exact) mass is 333 g/mol. The number of pyridine rings is 1. The van der Waals surface area contributed by atoms with Crippen molar-refractivity contribution in [3.05, 3.63) is 46.7 Å². The van der Waals surface area contributed by atoms with Gasteiger partial charge in [0.1, 0.15) is 21.6 Å². The number of nitrogens with zero attached hydrogens (tertiary/aromatic N) is 1. The van der Waals surface area contributed by atoms with Gasteiger partial charge in [0.2, 0.25) is 0 Å². The lowest BCUT2D eigenvalue weighted by molar-refractivity contribution is 0.557. The summed E-state index contributed by atoms with van der Waals surface area (Å²) < 4.78 is 53.3. The van der Waals surface area contributed by atoms with E-state index in [1.54, 1.807) is 0 Å². The molecule has 0 saturated heterocycles. The van der Waals surface area contributed by atoms with E-state index >= 15 is 0 Å². The van der Waals surface area contributed by atoms with Crippen molar-refractivity contribution >= 4 is 33.0 Å². The maximum atomic E-state index is 13.8. The lowest BCUT2D eigenvalue weighted by Crippen LogP contribution is -2.16. The number of rotatable bonds is 3. The summed E-state index contributed by atoms with van der Waals surface area (Å²) in [6.45, 7) is 1.53. The standard InChI is InChI=1S/C12H10ClF2N3O2S/c1-6-8(3-5-10(13)17-6)18-21(19,20)9-4-2-7(14)12(16)11(9)15/h2-5,18H,16H2,1H3. The molecule has 0 aliphatic carbocycles. The Hall–Kier alpha value is -1.93. The molecule has 112 valence electrons. The summed E-state index contributed by atoms with van der Waals surface area (Å²) in [7, 11) is -4.27. The lowest BCUT2D eigenvalue weighted by atomic mass is 10.3. The summed E-state index contributed by atoms with van der Waals surface area (Å²) in [4.78, 5) is 3.11. The Morgan fingerprint density at radius 2 is 1.90 bits per heavy atom. The summed E-state index contributed by atoms with van der Waals surface area (Å²) >= 11 is 5.66. The van der Waals surface area contributed by atoms with Gasteiger partial charge in [-0.15, -0.1) is 0 Å². The molecule has 9 heteroatoms. The van der Waals surface area contributed by atoms with E-state index in [4.69, 9.17) is 17.3 Å². The maximum Gasteiger partial charge on any atom is 0.264 e. The molecule has 0 saturated carbocycles. The van der Waals surface area contributed by atoms with Crippen molar-refractivity contribution in [2.75, 3.05) is 10.5 Å². The molecule has 3 N–H and O–H groups in total. The Kier molecular flexibility index (Phi) is 4.02.